The van der Waals surface area contributed by atoms with Crippen LogP contribution in [-0.4, -0.2) is 7.05 Å². The molecule has 1 N–H and O–H groups in total. The lowest BCUT2D eigenvalue weighted by atomic mass is 9.90. The third-order valence-electron chi connectivity index (χ3n) is 4.13. The Morgan fingerprint density at radius 2 is 2.06 bits per heavy atom. The summed E-state index contributed by atoms with van der Waals surface area (Å²) >= 11 is 6.34. The Kier molecular flexibility index (Phi) is 3.79. The highest BCUT2D eigenvalue weighted by Crippen LogP contribution is 2.37. The molecular formula is C15H22ClN. The molecule has 2 atom stereocenters. The first-order valence-corrected chi connectivity index (χ1v) is 6.88. The van der Waals surface area contributed by atoms with E-state index in [-0.39, 0.29) is 0 Å². The Labute approximate surface area is 110 Å². The minimum absolute atomic E-state index is 0.458. The van der Waals surface area contributed by atoms with Gasteiger partial charge < -0.3 is 5.32 Å². The van der Waals surface area contributed by atoms with Crippen molar-refractivity contribution in [1.29, 1.82) is 0 Å². The first kappa shape index (κ1) is 12.9. The molecule has 1 aromatic carbocycles. The number of aryl methyl sites for hydroxylation is 1. The SMILES string of the molecule is CNC1CC(C)CCc2c(C)cc(Cl)c(C)c21. The predicted octanol–water partition coefficient (Wildman–Crippen LogP) is 4.19. The van der Waals surface area contributed by atoms with Gasteiger partial charge >= 0.3 is 0 Å². The van der Waals surface area contributed by atoms with Crippen molar-refractivity contribution in [1.82, 2.24) is 5.32 Å². The van der Waals surface area contributed by atoms with E-state index in [9.17, 15) is 0 Å². The van der Waals surface area contributed by atoms with Crippen LogP contribution in [0.4, 0.5) is 0 Å². The molecule has 0 radical (unpaired) electrons. The predicted molar refractivity (Wildman–Crippen MR) is 74.8 cm³/mol. The van der Waals surface area contributed by atoms with Crippen LogP contribution in [0.1, 0.15) is 48.1 Å². The van der Waals surface area contributed by atoms with E-state index in [1.54, 1.807) is 0 Å². The number of halogens is 1. The third kappa shape index (κ3) is 2.36. The lowest BCUT2D eigenvalue weighted by Gasteiger charge is -2.22. The molecule has 1 nitrogen and oxygen atoms in total. The Morgan fingerprint density at radius 3 is 2.71 bits per heavy atom. The first-order valence-electron chi connectivity index (χ1n) is 6.50. The molecule has 17 heavy (non-hydrogen) atoms. The number of nitrogens with one attached hydrogen (secondary N) is 1. The third-order valence-corrected chi connectivity index (χ3v) is 4.52. The molecule has 0 bridgehead atoms. The van der Waals surface area contributed by atoms with Gasteiger partial charge in [0.25, 0.3) is 0 Å². The van der Waals surface area contributed by atoms with Crippen LogP contribution in [0.15, 0.2) is 6.07 Å². The van der Waals surface area contributed by atoms with Gasteiger partial charge in [-0.25, -0.2) is 0 Å². The second-order valence-corrected chi connectivity index (χ2v) is 5.82. The summed E-state index contributed by atoms with van der Waals surface area (Å²) < 4.78 is 0. The summed E-state index contributed by atoms with van der Waals surface area (Å²) in [5.41, 5.74) is 5.60. The van der Waals surface area contributed by atoms with Gasteiger partial charge in [-0.2, -0.15) is 0 Å². The minimum Gasteiger partial charge on any atom is -0.313 e. The highest BCUT2D eigenvalue weighted by Gasteiger charge is 2.25. The zero-order valence-electron chi connectivity index (χ0n) is 11.2. The van der Waals surface area contributed by atoms with Gasteiger partial charge in [-0.15, -0.1) is 0 Å². The van der Waals surface area contributed by atoms with Crippen molar-refractivity contribution < 1.29 is 0 Å². The zero-order chi connectivity index (χ0) is 12.6. The van der Waals surface area contributed by atoms with Gasteiger partial charge in [0, 0.05) is 11.1 Å². The monoisotopic (exact) mass is 251 g/mol. The van der Waals surface area contributed by atoms with Gasteiger partial charge in [0.2, 0.25) is 0 Å². The van der Waals surface area contributed by atoms with Gasteiger partial charge in [-0.1, -0.05) is 18.5 Å². The summed E-state index contributed by atoms with van der Waals surface area (Å²) in [4.78, 5) is 0. The molecule has 0 spiro atoms. The summed E-state index contributed by atoms with van der Waals surface area (Å²) in [5.74, 6) is 0.775. The lowest BCUT2D eigenvalue weighted by molar-refractivity contribution is 0.427. The number of benzene rings is 1. The molecule has 0 saturated heterocycles. The number of fused-ring (bicyclic) bond motifs is 1. The van der Waals surface area contributed by atoms with E-state index in [1.807, 2.05) is 0 Å². The molecule has 2 rings (SSSR count). The number of hydrogen-bond donors (Lipinski definition) is 1. The van der Waals surface area contributed by atoms with E-state index < -0.39 is 0 Å². The molecule has 0 saturated carbocycles. The van der Waals surface area contributed by atoms with Gasteiger partial charge in [-0.3, -0.25) is 0 Å². The van der Waals surface area contributed by atoms with Crippen LogP contribution in [0.2, 0.25) is 5.02 Å². The van der Waals surface area contributed by atoms with Crippen LogP contribution in [0.3, 0.4) is 0 Å². The van der Waals surface area contributed by atoms with E-state index in [4.69, 9.17) is 11.6 Å². The van der Waals surface area contributed by atoms with E-state index >= 15 is 0 Å². The van der Waals surface area contributed by atoms with Crippen LogP contribution in [-0.2, 0) is 6.42 Å². The molecule has 94 valence electrons. The molecule has 2 unspecified atom stereocenters. The van der Waals surface area contributed by atoms with Gasteiger partial charge in [-0.05, 0) is 74.4 Å². The average Bonchev–Trinajstić information content (AvgIpc) is 2.45. The first-order chi connectivity index (χ1) is 8.04. The second kappa shape index (κ2) is 4.99. The molecule has 0 heterocycles. The van der Waals surface area contributed by atoms with Crippen molar-refractivity contribution in [2.24, 2.45) is 5.92 Å². The molecule has 0 amide bonds. The fourth-order valence-corrected chi connectivity index (χ4v) is 3.31. The minimum atomic E-state index is 0.458. The molecule has 0 fully saturated rings. The maximum absolute atomic E-state index is 6.34. The van der Waals surface area contributed by atoms with Crippen molar-refractivity contribution in [2.75, 3.05) is 7.05 Å². The number of hydrogen-bond acceptors (Lipinski definition) is 1. The van der Waals surface area contributed by atoms with Crippen LogP contribution in [0.25, 0.3) is 0 Å². The largest absolute Gasteiger partial charge is 0.313 e. The van der Waals surface area contributed by atoms with Gasteiger partial charge in [0.1, 0.15) is 0 Å². The molecule has 1 aromatic rings. The maximum atomic E-state index is 6.34. The van der Waals surface area contributed by atoms with Gasteiger partial charge in [0.15, 0.2) is 0 Å². The summed E-state index contributed by atoms with van der Waals surface area (Å²) in [6.07, 6.45) is 3.69. The highest BCUT2D eigenvalue weighted by atomic mass is 35.5. The normalized spacial score (nSPS) is 24.3. The molecule has 1 aliphatic carbocycles. The summed E-state index contributed by atoms with van der Waals surface area (Å²) in [6.45, 7) is 6.69. The van der Waals surface area contributed by atoms with Crippen LogP contribution in [0.5, 0.6) is 0 Å². The highest BCUT2D eigenvalue weighted by molar-refractivity contribution is 6.31. The maximum Gasteiger partial charge on any atom is 0.0441 e. The van der Waals surface area contributed by atoms with E-state index in [2.05, 4.69) is 39.2 Å². The summed E-state index contributed by atoms with van der Waals surface area (Å²) in [5, 5.41) is 4.38. The zero-order valence-corrected chi connectivity index (χ0v) is 12.0. The Bertz CT molecular complexity index is 425. The smallest absolute Gasteiger partial charge is 0.0441 e. The number of rotatable bonds is 1. The van der Waals surface area contributed by atoms with Crippen molar-refractivity contribution in [3.63, 3.8) is 0 Å². The van der Waals surface area contributed by atoms with Gasteiger partial charge in [0.05, 0.1) is 0 Å². The Morgan fingerprint density at radius 1 is 1.35 bits per heavy atom. The summed E-state index contributed by atoms with van der Waals surface area (Å²) in [7, 11) is 2.06. The van der Waals surface area contributed by atoms with E-state index in [1.165, 1.54) is 41.5 Å². The van der Waals surface area contributed by atoms with Crippen LogP contribution < -0.4 is 5.32 Å². The topological polar surface area (TPSA) is 12.0 Å². The standard InChI is InChI=1S/C15H22ClN/c1-9-5-6-12-10(2)8-13(16)11(3)15(12)14(7-9)17-4/h8-9,14,17H,5-7H2,1-4H3. The fourth-order valence-electron chi connectivity index (χ4n) is 3.05. The lowest BCUT2D eigenvalue weighted by Crippen LogP contribution is -2.19. The molecule has 0 aliphatic heterocycles. The molecule has 1 aliphatic rings. The molecule has 0 aromatic heterocycles. The van der Waals surface area contributed by atoms with E-state index in [0.29, 0.717) is 6.04 Å². The fraction of sp³-hybridized carbons (Fsp3) is 0.600. The van der Waals surface area contributed by atoms with E-state index in [0.717, 1.165) is 10.9 Å². The second-order valence-electron chi connectivity index (χ2n) is 5.41. The van der Waals surface area contributed by atoms with Crippen molar-refractivity contribution in [3.05, 3.63) is 33.3 Å². The molecule has 2 heteroatoms. The van der Waals surface area contributed by atoms with Crippen molar-refractivity contribution in [3.8, 4) is 0 Å². The quantitative estimate of drug-likeness (QED) is 0.738. The Balaban J connectivity index is 2.59. The molecular weight excluding hydrogens is 230 g/mol. The van der Waals surface area contributed by atoms with Crippen molar-refractivity contribution in [2.45, 2.75) is 46.1 Å². The van der Waals surface area contributed by atoms with Crippen LogP contribution >= 0.6 is 11.6 Å². The van der Waals surface area contributed by atoms with Crippen molar-refractivity contribution >= 4 is 11.6 Å². The Hall–Kier alpha value is -0.530. The average molecular weight is 252 g/mol. The van der Waals surface area contributed by atoms with Crippen LogP contribution in [0, 0.1) is 19.8 Å². The summed E-state index contributed by atoms with van der Waals surface area (Å²) in [6, 6.07) is 2.58.